The Morgan fingerprint density at radius 2 is 2.19 bits per heavy atom. The molecule has 5 nitrogen and oxygen atoms in total. The van der Waals surface area contributed by atoms with E-state index in [1.165, 1.54) is 12.1 Å². The number of oxazole rings is 1. The van der Waals surface area contributed by atoms with Gasteiger partial charge in [-0.2, -0.15) is 0 Å². The molecule has 1 aliphatic rings. The molecule has 146 valence electrons. The van der Waals surface area contributed by atoms with Crippen LogP contribution in [0.25, 0.3) is 11.5 Å². The van der Waals surface area contributed by atoms with Crippen molar-refractivity contribution < 1.29 is 22.7 Å². The molecule has 2 aromatic rings. The van der Waals surface area contributed by atoms with Crippen LogP contribution in [0, 0.1) is 18.6 Å². The molecule has 3 rings (SSSR count). The van der Waals surface area contributed by atoms with Gasteiger partial charge in [-0.05, 0) is 45.4 Å². The molecule has 0 radical (unpaired) electrons. The second-order valence-corrected chi connectivity index (χ2v) is 6.78. The maximum absolute atomic E-state index is 14.0. The molecule has 1 aromatic heterocycles. The van der Waals surface area contributed by atoms with Gasteiger partial charge < -0.3 is 9.15 Å². The van der Waals surface area contributed by atoms with Crippen molar-refractivity contribution in [2.75, 3.05) is 13.2 Å². The average Bonchev–Trinajstić information content (AvgIpc) is 2.97. The first kappa shape index (κ1) is 19.5. The third-order valence-corrected chi connectivity index (χ3v) is 4.86. The minimum atomic E-state index is -0.707. The predicted molar refractivity (Wildman–Crippen MR) is 95.9 cm³/mol. The number of ether oxygens (including phenoxy) is 1. The number of hydrogen-bond acceptors (Lipinski definition) is 5. The highest BCUT2D eigenvalue weighted by Crippen LogP contribution is 2.28. The van der Waals surface area contributed by atoms with Gasteiger partial charge in [0, 0.05) is 18.7 Å². The van der Waals surface area contributed by atoms with E-state index in [1.807, 2.05) is 0 Å². The molecule has 0 bridgehead atoms. The largest absolute Gasteiger partial charge is 0.466 e. The van der Waals surface area contributed by atoms with E-state index in [9.17, 15) is 13.6 Å². The minimum Gasteiger partial charge on any atom is -0.466 e. The zero-order valence-electron chi connectivity index (χ0n) is 15.6. The van der Waals surface area contributed by atoms with Gasteiger partial charge in [-0.25, -0.2) is 13.8 Å². The first-order chi connectivity index (χ1) is 13.0. The number of likely N-dealkylation sites (tertiary alicyclic amines) is 1. The van der Waals surface area contributed by atoms with Crippen LogP contribution in [-0.4, -0.2) is 35.0 Å². The van der Waals surface area contributed by atoms with Crippen LogP contribution in [0.2, 0.25) is 0 Å². The fourth-order valence-corrected chi connectivity index (χ4v) is 3.46. The number of rotatable bonds is 6. The molecule has 1 aliphatic heterocycles. The van der Waals surface area contributed by atoms with E-state index < -0.39 is 11.6 Å². The van der Waals surface area contributed by atoms with Crippen molar-refractivity contribution in [2.24, 2.45) is 0 Å². The summed E-state index contributed by atoms with van der Waals surface area (Å²) in [6, 6.07) is 3.41. The highest BCUT2D eigenvalue weighted by atomic mass is 19.1. The van der Waals surface area contributed by atoms with Gasteiger partial charge in [0.15, 0.2) is 0 Å². The molecule has 1 aromatic carbocycles. The fourth-order valence-electron chi connectivity index (χ4n) is 3.46. The van der Waals surface area contributed by atoms with Gasteiger partial charge in [-0.1, -0.05) is 6.42 Å². The standard InChI is InChI=1S/C20H24F2N2O3/c1-3-26-19(25)11-15-6-4-5-9-24(15)12-18-13(2)27-20(23-18)16-8-7-14(21)10-17(16)22/h7-8,10,15H,3-6,9,11-12H2,1-2H3/t15-/m0/s1. The van der Waals surface area contributed by atoms with E-state index >= 15 is 0 Å². The molecule has 0 amide bonds. The van der Waals surface area contributed by atoms with Crippen molar-refractivity contribution in [1.82, 2.24) is 9.88 Å². The van der Waals surface area contributed by atoms with Crippen molar-refractivity contribution >= 4 is 5.97 Å². The third kappa shape index (κ3) is 4.71. The Hall–Kier alpha value is -2.28. The number of benzene rings is 1. The van der Waals surface area contributed by atoms with Gasteiger partial charge in [-0.15, -0.1) is 0 Å². The highest BCUT2D eigenvalue weighted by Gasteiger charge is 2.27. The van der Waals surface area contributed by atoms with Crippen LogP contribution in [0.15, 0.2) is 22.6 Å². The number of aryl methyl sites for hydroxylation is 1. The molecule has 0 unspecified atom stereocenters. The zero-order valence-corrected chi connectivity index (χ0v) is 15.6. The number of esters is 1. The lowest BCUT2D eigenvalue weighted by Gasteiger charge is -2.34. The molecule has 0 saturated carbocycles. The monoisotopic (exact) mass is 378 g/mol. The normalized spacial score (nSPS) is 17.9. The number of nitrogens with zero attached hydrogens (tertiary/aromatic N) is 2. The number of piperidine rings is 1. The number of halogens is 2. The molecule has 0 N–H and O–H groups in total. The summed E-state index contributed by atoms with van der Waals surface area (Å²) in [6.45, 7) is 5.32. The molecular formula is C20H24F2N2O3. The topological polar surface area (TPSA) is 55.6 Å². The summed E-state index contributed by atoms with van der Waals surface area (Å²) in [6.07, 6.45) is 3.40. The molecule has 1 saturated heterocycles. The Bertz CT molecular complexity index is 807. The zero-order chi connectivity index (χ0) is 19.4. The smallest absolute Gasteiger partial charge is 0.307 e. The Kier molecular flexibility index (Phi) is 6.21. The first-order valence-corrected chi connectivity index (χ1v) is 9.29. The van der Waals surface area contributed by atoms with Gasteiger partial charge in [-0.3, -0.25) is 9.69 Å². The van der Waals surface area contributed by atoms with Crippen LogP contribution in [-0.2, 0) is 16.1 Å². The number of aromatic nitrogens is 1. The fraction of sp³-hybridized carbons (Fsp3) is 0.500. The van der Waals surface area contributed by atoms with Crippen LogP contribution in [0.1, 0.15) is 44.1 Å². The van der Waals surface area contributed by atoms with Crippen molar-refractivity contribution in [3.8, 4) is 11.5 Å². The Labute approximate surface area is 157 Å². The van der Waals surface area contributed by atoms with Crippen LogP contribution in [0.5, 0.6) is 0 Å². The summed E-state index contributed by atoms with van der Waals surface area (Å²) < 4.78 is 37.8. The Balaban J connectivity index is 1.76. The maximum Gasteiger partial charge on any atom is 0.307 e. The quantitative estimate of drug-likeness (QED) is 0.704. The van der Waals surface area contributed by atoms with Crippen molar-refractivity contribution in [3.63, 3.8) is 0 Å². The number of carbonyl (C=O) groups is 1. The average molecular weight is 378 g/mol. The lowest BCUT2D eigenvalue weighted by Crippen LogP contribution is -2.40. The molecular weight excluding hydrogens is 354 g/mol. The summed E-state index contributed by atoms with van der Waals surface area (Å²) in [4.78, 5) is 18.5. The van der Waals surface area contributed by atoms with Crippen molar-refractivity contribution in [3.05, 3.63) is 41.3 Å². The molecule has 27 heavy (non-hydrogen) atoms. The van der Waals surface area contributed by atoms with Gasteiger partial charge in [0.25, 0.3) is 0 Å². The summed E-state index contributed by atoms with van der Waals surface area (Å²) in [5.74, 6) is -0.815. The molecule has 0 spiro atoms. The number of hydrogen-bond donors (Lipinski definition) is 0. The van der Waals surface area contributed by atoms with Crippen LogP contribution in [0.4, 0.5) is 8.78 Å². The van der Waals surface area contributed by atoms with E-state index in [-0.39, 0.29) is 23.5 Å². The lowest BCUT2D eigenvalue weighted by atomic mass is 9.99. The van der Waals surface area contributed by atoms with Gasteiger partial charge in [0.1, 0.15) is 17.4 Å². The molecule has 7 heteroatoms. The van der Waals surface area contributed by atoms with E-state index in [1.54, 1.807) is 13.8 Å². The Morgan fingerprint density at radius 1 is 1.37 bits per heavy atom. The van der Waals surface area contributed by atoms with Crippen molar-refractivity contribution in [1.29, 1.82) is 0 Å². The number of carbonyl (C=O) groups excluding carboxylic acids is 1. The van der Waals surface area contributed by atoms with Crippen LogP contribution < -0.4 is 0 Å². The van der Waals surface area contributed by atoms with E-state index in [0.717, 1.165) is 31.9 Å². The predicted octanol–water partition coefficient (Wildman–Crippen LogP) is 4.24. The lowest BCUT2D eigenvalue weighted by molar-refractivity contribution is -0.145. The minimum absolute atomic E-state index is 0.0971. The summed E-state index contributed by atoms with van der Waals surface area (Å²) >= 11 is 0. The van der Waals surface area contributed by atoms with Gasteiger partial charge in [0.2, 0.25) is 5.89 Å². The molecule has 1 atom stereocenters. The van der Waals surface area contributed by atoms with Crippen LogP contribution >= 0.6 is 0 Å². The third-order valence-electron chi connectivity index (χ3n) is 4.86. The van der Waals surface area contributed by atoms with Gasteiger partial charge in [0.05, 0.1) is 24.3 Å². The summed E-state index contributed by atoms with van der Waals surface area (Å²) in [5, 5.41) is 0. The first-order valence-electron chi connectivity index (χ1n) is 9.29. The van der Waals surface area contributed by atoms with E-state index in [2.05, 4.69) is 9.88 Å². The highest BCUT2D eigenvalue weighted by molar-refractivity contribution is 5.70. The molecule has 2 heterocycles. The van der Waals surface area contributed by atoms with Crippen molar-refractivity contribution in [2.45, 2.75) is 52.1 Å². The SMILES string of the molecule is CCOC(=O)C[C@@H]1CCCCN1Cc1nc(-c2ccc(F)cc2F)oc1C. The van der Waals surface area contributed by atoms with Gasteiger partial charge >= 0.3 is 5.97 Å². The summed E-state index contributed by atoms with van der Waals surface area (Å²) in [5.41, 5.74) is 0.831. The maximum atomic E-state index is 14.0. The second kappa shape index (κ2) is 8.61. The van der Waals surface area contributed by atoms with Crippen LogP contribution in [0.3, 0.4) is 0 Å². The second-order valence-electron chi connectivity index (χ2n) is 6.78. The van der Waals surface area contributed by atoms with E-state index in [4.69, 9.17) is 9.15 Å². The molecule has 1 fully saturated rings. The van der Waals surface area contributed by atoms with E-state index in [0.29, 0.717) is 31.0 Å². The summed E-state index contributed by atoms with van der Waals surface area (Å²) in [7, 11) is 0. The Morgan fingerprint density at radius 3 is 2.93 bits per heavy atom. The molecule has 0 aliphatic carbocycles.